The van der Waals surface area contributed by atoms with Gasteiger partial charge >= 0.3 is 0 Å². The van der Waals surface area contributed by atoms with Gasteiger partial charge in [-0.15, -0.1) is 0 Å². The van der Waals surface area contributed by atoms with Crippen molar-refractivity contribution in [3.63, 3.8) is 0 Å². The van der Waals surface area contributed by atoms with Crippen LogP contribution in [0.5, 0.6) is 5.75 Å². The molecule has 1 aromatic carbocycles. The van der Waals surface area contributed by atoms with E-state index < -0.39 is 5.82 Å². The van der Waals surface area contributed by atoms with Crippen LogP contribution in [0.25, 0.3) is 0 Å². The third kappa shape index (κ3) is 3.23. The Morgan fingerprint density at radius 1 is 1.53 bits per heavy atom. The second-order valence-corrected chi connectivity index (χ2v) is 4.56. The Bertz CT molecular complexity index is 460. The molecule has 0 atom stereocenters. The van der Waals surface area contributed by atoms with Crippen molar-refractivity contribution in [2.75, 3.05) is 26.9 Å². The lowest BCUT2D eigenvalue weighted by atomic mass is 10.1. The van der Waals surface area contributed by atoms with E-state index in [1.807, 2.05) is 6.92 Å². The molecule has 1 aliphatic heterocycles. The average molecular weight is 267 g/mol. The number of nitrogens with zero attached hydrogens (tertiary/aromatic N) is 1. The number of ether oxygens (including phenoxy) is 2. The van der Waals surface area contributed by atoms with Crippen molar-refractivity contribution < 1.29 is 18.7 Å². The van der Waals surface area contributed by atoms with E-state index in [9.17, 15) is 9.18 Å². The topological polar surface area (TPSA) is 38.8 Å². The quantitative estimate of drug-likeness (QED) is 0.814. The molecule has 1 aliphatic rings. The predicted molar refractivity (Wildman–Crippen MR) is 68.7 cm³/mol. The molecule has 1 amide bonds. The van der Waals surface area contributed by atoms with E-state index in [0.29, 0.717) is 31.1 Å². The summed E-state index contributed by atoms with van der Waals surface area (Å²) in [4.78, 5) is 13.6. The number of halogens is 1. The second-order valence-electron chi connectivity index (χ2n) is 4.56. The minimum atomic E-state index is -0.405. The predicted octanol–water partition coefficient (Wildman–Crippen LogP) is 1.62. The molecule has 1 heterocycles. The van der Waals surface area contributed by atoms with E-state index in [1.165, 1.54) is 6.07 Å². The first kappa shape index (κ1) is 13.8. The standard InChI is InChI=1S/C14H18FNO3/c1-3-19-12-5-4-10(13(15)7-12)6-14(17)16(2)11-8-18-9-11/h4-5,7,11H,3,6,8-9H2,1-2H3. The van der Waals surface area contributed by atoms with E-state index in [0.717, 1.165) is 0 Å². The maximum absolute atomic E-state index is 13.8. The Balaban J connectivity index is 1.99. The molecule has 0 spiro atoms. The van der Waals surface area contributed by atoms with Crippen molar-refractivity contribution in [1.29, 1.82) is 0 Å². The van der Waals surface area contributed by atoms with Crippen LogP contribution >= 0.6 is 0 Å². The SMILES string of the molecule is CCOc1ccc(CC(=O)N(C)C2COC2)c(F)c1. The van der Waals surface area contributed by atoms with Gasteiger partial charge in [0.2, 0.25) is 5.91 Å². The van der Waals surface area contributed by atoms with Crippen molar-refractivity contribution in [1.82, 2.24) is 4.90 Å². The van der Waals surface area contributed by atoms with Crippen molar-refractivity contribution in [3.05, 3.63) is 29.6 Å². The average Bonchev–Trinajstić information content (AvgIpc) is 2.30. The third-order valence-electron chi connectivity index (χ3n) is 3.24. The van der Waals surface area contributed by atoms with Crippen LogP contribution in [-0.4, -0.2) is 43.7 Å². The summed E-state index contributed by atoms with van der Waals surface area (Å²) in [6, 6.07) is 4.72. The summed E-state index contributed by atoms with van der Waals surface area (Å²) in [5, 5.41) is 0. The fourth-order valence-electron chi connectivity index (χ4n) is 1.87. The number of likely N-dealkylation sites (N-methyl/N-ethyl adjacent to an activating group) is 1. The first-order valence-electron chi connectivity index (χ1n) is 6.36. The largest absolute Gasteiger partial charge is 0.494 e. The number of hydrogen-bond acceptors (Lipinski definition) is 3. The zero-order valence-electron chi connectivity index (χ0n) is 11.2. The normalized spacial score (nSPS) is 14.9. The molecule has 4 nitrogen and oxygen atoms in total. The summed E-state index contributed by atoms with van der Waals surface area (Å²) < 4.78 is 24.1. The second kappa shape index (κ2) is 6.02. The molecule has 0 aliphatic carbocycles. The monoisotopic (exact) mass is 267 g/mol. The number of hydrogen-bond donors (Lipinski definition) is 0. The molecule has 1 aromatic rings. The summed E-state index contributed by atoms with van der Waals surface area (Å²) in [6.07, 6.45) is 0.0608. The molecular formula is C14H18FNO3. The van der Waals surface area contributed by atoms with E-state index in [1.54, 1.807) is 24.1 Å². The van der Waals surface area contributed by atoms with Gasteiger partial charge in [0, 0.05) is 13.1 Å². The van der Waals surface area contributed by atoms with Crippen molar-refractivity contribution in [2.45, 2.75) is 19.4 Å². The molecule has 0 radical (unpaired) electrons. The fourth-order valence-corrected chi connectivity index (χ4v) is 1.87. The molecular weight excluding hydrogens is 249 g/mol. The highest BCUT2D eigenvalue weighted by molar-refractivity contribution is 5.79. The highest BCUT2D eigenvalue weighted by Crippen LogP contribution is 2.18. The Kier molecular flexibility index (Phi) is 4.37. The molecule has 0 unspecified atom stereocenters. The van der Waals surface area contributed by atoms with Crippen LogP contribution < -0.4 is 4.74 Å². The first-order valence-corrected chi connectivity index (χ1v) is 6.36. The molecule has 0 bridgehead atoms. The lowest BCUT2D eigenvalue weighted by Gasteiger charge is -2.34. The Labute approximate surface area is 112 Å². The van der Waals surface area contributed by atoms with Gasteiger partial charge in [-0.1, -0.05) is 6.07 Å². The van der Waals surface area contributed by atoms with Gasteiger partial charge in [0.15, 0.2) is 0 Å². The molecule has 104 valence electrons. The van der Waals surface area contributed by atoms with E-state index >= 15 is 0 Å². The van der Waals surface area contributed by atoms with Gasteiger partial charge in [-0.25, -0.2) is 4.39 Å². The fraction of sp³-hybridized carbons (Fsp3) is 0.500. The van der Waals surface area contributed by atoms with Crippen molar-refractivity contribution >= 4 is 5.91 Å². The van der Waals surface area contributed by atoms with Crippen LogP contribution in [0, 0.1) is 5.82 Å². The molecule has 0 aromatic heterocycles. The molecule has 0 N–H and O–H groups in total. The number of carbonyl (C=O) groups excluding carboxylic acids is 1. The maximum Gasteiger partial charge on any atom is 0.227 e. The molecule has 5 heteroatoms. The van der Waals surface area contributed by atoms with Crippen LogP contribution in [0.1, 0.15) is 12.5 Å². The van der Waals surface area contributed by atoms with Gasteiger partial charge in [0.05, 0.1) is 32.3 Å². The molecule has 0 saturated carbocycles. The van der Waals surface area contributed by atoms with Crippen LogP contribution in [0.2, 0.25) is 0 Å². The zero-order chi connectivity index (χ0) is 13.8. The third-order valence-corrected chi connectivity index (χ3v) is 3.24. The van der Waals surface area contributed by atoms with Gasteiger partial charge in [-0.3, -0.25) is 4.79 Å². The van der Waals surface area contributed by atoms with Crippen molar-refractivity contribution in [2.24, 2.45) is 0 Å². The summed E-state index contributed by atoms with van der Waals surface area (Å²) in [7, 11) is 1.72. The van der Waals surface area contributed by atoms with Crippen molar-refractivity contribution in [3.8, 4) is 5.75 Å². The maximum atomic E-state index is 13.8. The highest BCUT2D eigenvalue weighted by Gasteiger charge is 2.26. The van der Waals surface area contributed by atoms with Crippen LogP contribution in [0.3, 0.4) is 0 Å². The molecule has 2 rings (SSSR count). The molecule has 19 heavy (non-hydrogen) atoms. The van der Waals surface area contributed by atoms with E-state index in [-0.39, 0.29) is 18.4 Å². The Morgan fingerprint density at radius 2 is 2.26 bits per heavy atom. The number of rotatable bonds is 5. The summed E-state index contributed by atoms with van der Waals surface area (Å²) in [5.74, 6) is -0.0223. The van der Waals surface area contributed by atoms with Gasteiger partial charge in [-0.2, -0.15) is 0 Å². The zero-order valence-corrected chi connectivity index (χ0v) is 11.2. The van der Waals surface area contributed by atoms with Crippen LogP contribution in [0.4, 0.5) is 4.39 Å². The Hall–Kier alpha value is -1.62. The number of benzene rings is 1. The van der Waals surface area contributed by atoms with Crippen LogP contribution in [0.15, 0.2) is 18.2 Å². The molecule has 1 saturated heterocycles. The van der Waals surface area contributed by atoms with Crippen LogP contribution in [-0.2, 0) is 16.0 Å². The van der Waals surface area contributed by atoms with Gasteiger partial charge in [-0.05, 0) is 18.6 Å². The summed E-state index contributed by atoms with van der Waals surface area (Å²) in [6.45, 7) is 3.45. The lowest BCUT2D eigenvalue weighted by Crippen LogP contribution is -2.50. The number of amides is 1. The van der Waals surface area contributed by atoms with E-state index in [2.05, 4.69) is 0 Å². The minimum absolute atomic E-state index is 0.0608. The first-order chi connectivity index (χ1) is 9.11. The highest BCUT2D eigenvalue weighted by atomic mass is 19.1. The minimum Gasteiger partial charge on any atom is -0.494 e. The van der Waals surface area contributed by atoms with Gasteiger partial charge in [0.1, 0.15) is 11.6 Å². The lowest BCUT2D eigenvalue weighted by molar-refractivity contribution is -0.141. The summed E-state index contributed by atoms with van der Waals surface area (Å²) in [5.41, 5.74) is 0.389. The number of carbonyl (C=O) groups is 1. The molecule has 1 fully saturated rings. The van der Waals surface area contributed by atoms with Gasteiger partial charge < -0.3 is 14.4 Å². The van der Waals surface area contributed by atoms with E-state index in [4.69, 9.17) is 9.47 Å². The smallest absolute Gasteiger partial charge is 0.227 e. The summed E-state index contributed by atoms with van der Waals surface area (Å²) >= 11 is 0. The van der Waals surface area contributed by atoms with Gasteiger partial charge in [0.25, 0.3) is 0 Å². The Morgan fingerprint density at radius 3 is 2.79 bits per heavy atom.